The van der Waals surface area contributed by atoms with Gasteiger partial charge in [-0.1, -0.05) is 43.3 Å². The lowest BCUT2D eigenvalue weighted by molar-refractivity contribution is -0.122. The number of carbonyl (C=O) groups excluding carboxylic acids is 3. The highest BCUT2D eigenvalue weighted by molar-refractivity contribution is 9.10. The van der Waals surface area contributed by atoms with Crippen LogP contribution in [0.5, 0.6) is 34.5 Å². The molecular weight excluding hydrogens is 732 g/mol. The molecule has 1 saturated heterocycles. The van der Waals surface area contributed by atoms with Gasteiger partial charge in [-0.15, -0.1) is 0 Å². The third-order valence-corrected chi connectivity index (χ3v) is 8.21. The molecule has 1 aliphatic rings. The van der Waals surface area contributed by atoms with E-state index in [-0.39, 0.29) is 17.9 Å². The average molecular weight is 774 g/mol. The lowest BCUT2D eigenvalue weighted by Crippen LogP contribution is -2.54. The van der Waals surface area contributed by atoms with Crippen molar-refractivity contribution in [1.82, 2.24) is 5.32 Å². The third kappa shape index (κ3) is 9.24. The van der Waals surface area contributed by atoms with E-state index in [4.69, 9.17) is 28.4 Å². The molecule has 4 amide bonds. The number of imide groups is 2. The van der Waals surface area contributed by atoms with Crippen molar-refractivity contribution in [3.63, 3.8) is 0 Å². The molecule has 272 valence electrons. The lowest BCUT2D eigenvalue weighted by Gasteiger charge is -2.27. The van der Waals surface area contributed by atoms with Crippen molar-refractivity contribution in [2.75, 3.05) is 31.3 Å². The van der Waals surface area contributed by atoms with Crippen LogP contribution >= 0.6 is 15.9 Å². The van der Waals surface area contributed by atoms with Gasteiger partial charge in [0, 0.05) is 6.07 Å². The molecule has 11 nitrogen and oxygen atoms in total. The fourth-order valence-corrected chi connectivity index (χ4v) is 5.86. The molecule has 5 rings (SSSR count). The minimum Gasteiger partial charge on any atom is -0.490 e. The van der Waals surface area contributed by atoms with Gasteiger partial charge in [0.25, 0.3) is 11.8 Å². The second kappa shape index (κ2) is 18.1. The first kappa shape index (κ1) is 37.8. The van der Waals surface area contributed by atoms with Crippen molar-refractivity contribution in [3.05, 3.63) is 106 Å². The van der Waals surface area contributed by atoms with Gasteiger partial charge in [-0.3, -0.25) is 14.9 Å². The first-order chi connectivity index (χ1) is 25.3. The summed E-state index contributed by atoms with van der Waals surface area (Å²) in [6.45, 7) is 9.74. The number of carbonyl (C=O) groups is 3. The Morgan fingerprint density at radius 3 is 2.02 bits per heavy atom. The lowest BCUT2D eigenvalue weighted by atomic mass is 10.1. The maximum atomic E-state index is 13.7. The zero-order valence-electron chi connectivity index (χ0n) is 29.5. The summed E-state index contributed by atoms with van der Waals surface area (Å²) in [5.41, 5.74) is 2.32. The molecule has 1 aliphatic heterocycles. The van der Waals surface area contributed by atoms with Crippen LogP contribution < -0.4 is 38.6 Å². The Labute approximate surface area is 311 Å². The first-order valence-corrected chi connectivity index (χ1v) is 17.9. The summed E-state index contributed by atoms with van der Waals surface area (Å²) in [6.07, 6.45) is 2.19. The molecule has 0 aliphatic carbocycles. The smallest absolute Gasteiger partial charge is 0.335 e. The number of nitrogens with zero attached hydrogens (tertiary/aromatic N) is 1. The van der Waals surface area contributed by atoms with Crippen molar-refractivity contribution in [2.45, 2.75) is 47.3 Å². The summed E-state index contributed by atoms with van der Waals surface area (Å²) >= 11 is 3.58. The summed E-state index contributed by atoms with van der Waals surface area (Å²) in [7, 11) is 0. The zero-order valence-corrected chi connectivity index (χ0v) is 31.1. The van der Waals surface area contributed by atoms with Gasteiger partial charge in [0.15, 0.2) is 34.5 Å². The van der Waals surface area contributed by atoms with Crippen molar-refractivity contribution in [3.8, 4) is 34.5 Å². The van der Waals surface area contributed by atoms with Gasteiger partial charge in [0.1, 0.15) is 18.8 Å². The summed E-state index contributed by atoms with van der Waals surface area (Å²) in [5.74, 6) is 1.27. The SMILES string of the molecule is CCCOc1ccc(N2C(=O)NC(=O)/C(=C\c3cc(Br)c(OCc4ccc(OCc5ccccc5)c(OCC)c4)c(OCC)c3)C2=O)cc1OCC. The van der Waals surface area contributed by atoms with E-state index in [1.165, 1.54) is 12.1 Å². The van der Waals surface area contributed by atoms with Gasteiger partial charge in [-0.25, -0.2) is 9.69 Å². The van der Waals surface area contributed by atoms with Crippen LogP contribution in [0.25, 0.3) is 6.08 Å². The number of hydrogen-bond donors (Lipinski definition) is 1. The van der Waals surface area contributed by atoms with Crippen LogP contribution in [-0.2, 0) is 22.8 Å². The van der Waals surface area contributed by atoms with Gasteiger partial charge in [0.2, 0.25) is 0 Å². The number of halogens is 1. The first-order valence-electron chi connectivity index (χ1n) is 17.1. The maximum absolute atomic E-state index is 13.7. The number of barbiturate groups is 1. The number of nitrogens with one attached hydrogen (secondary N) is 1. The Hall–Kier alpha value is -5.49. The Morgan fingerprint density at radius 1 is 0.654 bits per heavy atom. The van der Waals surface area contributed by atoms with Crippen molar-refractivity contribution in [1.29, 1.82) is 0 Å². The van der Waals surface area contributed by atoms with Crippen LogP contribution in [0.15, 0.2) is 88.9 Å². The Morgan fingerprint density at radius 2 is 1.31 bits per heavy atom. The number of amides is 4. The topological polar surface area (TPSA) is 122 Å². The van der Waals surface area contributed by atoms with Crippen molar-refractivity contribution < 1.29 is 42.8 Å². The van der Waals surface area contributed by atoms with Crippen molar-refractivity contribution in [2.24, 2.45) is 0 Å². The Kier molecular flexibility index (Phi) is 13.2. The molecule has 0 aromatic heterocycles. The molecule has 0 saturated carbocycles. The molecule has 0 bridgehead atoms. The molecule has 4 aromatic carbocycles. The Balaban J connectivity index is 1.37. The van der Waals surface area contributed by atoms with E-state index in [1.807, 2.05) is 76.2 Å². The predicted octanol–water partition coefficient (Wildman–Crippen LogP) is 8.26. The molecule has 0 unspecified atom stereocenters. The number of benzene rings is 4. The summed E-state index contributed by atoms with van der Waals surface area (Å²) in [5, 5.41) is 2.27. The monoisotopic (exact) mass is 772 g/mol. The van der Waals surface area contributed by atoms with Gasteiger partial charge in [-0.05, 0) is 102 Å². The van der Waals surface area contributed by atoms with Crippen LogP contribution in [0, 0.1) is 0 Å². The minimum atomic E-state index is -0.875. The molecule has 0 radical (unpaired) electrons. The van der Waals surface area contributed by atoms with Gasteiger partial charge >= 0.3 is 6.03 Å². The van der Waals surface area contributed by atoms with E-state index < -0.39 is 17.8 Å². The molecule has 1 fully saturated rings. The number of ether oxygens (including phenoxy) is 6. The van der Waals surface area contributed by atoms with E-state index in [0.29, 0.717) is 77.6 Å². The maximum Gasteiger partial charge on any atom is 0.335 e. The van der Waals surface area contributed by atoms with Crippen molar-refractivity contribution >= 4 is 45.5 Å². The molecule has 4 aromatic rings. The van der Waals surface area contributed by atoms with Gasteiger partial charge < -0.3 is 28.4 Å². The van der Waals surface area contributed by atoms with Crippen LogP contribution in [0.1, 0.15) is 50.8 Å². The molecule has 0 atom stereocenters. The van der Waals surface area contributed by atoms with Crippen LogP contribution in [0.3, 0.4) is 0 Å². The fraction of sp³-hybridized carbons (Fsp3) is 0.275. The number of urea groups is 1. The van der Waals surface area contributed by atoms with E-state index in [0.717, 1.165) is 22.4 Å². The predicted molar refractivity (Wildman–Crippen MR) is 200 cm³/mol. The second-order valence-electron chi connectivity index (χ2n) is 11.4. The van der Waals surface area contributed by atoms with Crippen LogP contribution in [0.2, 0.25) is 0 Å². The number of anilines is 1. The molecule has 1 heterocycles. The highest BCUT2D eigenvalue weighted by Crippen LogP contribution is 2.39. The zero-order chi connectivity index (χ0) is 37.0. The van der Waals surface area contributed by atoms with Crippen LogP contribution in [-0.4, -0.2) is 44.3 Å². The summed E-state index contributed by atoms with van der Waals surface area (Å²) in [6, 6.07) is 22.7. The molecular formula is C40H41BrN2O9. The molecule has 52 heavy (non-hydrogen) atoms. The fourth-order valence-electron chi connectivity index (χ4n) is 5.29. The highest BCUT2D eigenvalue weighted by atomic mass is 79.9. The number of rotatable bonds is 17. The molecule has 12 heteroatoms. The number of hydrogen-bond acceptors (Lipinski definition) is 9. The standard InChI is InChI=1S/C40H41BrN2O9/c1-5-18-50-32-17-15-29(23-35(32)48-7-3)43-39(45)30(38(44)42-40(43)46)19-28-20-31(41)37(36(22-28)49-8-4)52-25-27-14-16-33(34(21-27)47-6-2)51-24-26-12-10-9-11-13-26/h9-17,19-23H,5-8,18,24-25H2,1-4H3,(H,42,44,46)/b30-19+. The quantitative estimate of drug-likeness (QED) is 0.0835. The van der Waals surface area contributed by atoms with Gasteiger partial charge in [0.05, 0.1) is 36.6 Å². The molecule has 0 spiro atoms. The van der Waals surface area contributed by atoms with E-state index in [1.54, 1.807) is 24.3 Å². The van der Waals surface area contributed by atoms with Crippen LogP contribution in [0.4, 0.5) is 10.5 Å². The summed E-state index contributed by atoms with van der Waals surface area (Å²) < 4.78 is 36.1. The minimum absolute atomic E-state index is 0.183. The second-order valence-corrected chi connectivity index (χ2v) is 12.3. The highest BCUT2D eigenvalue weighted by Gasteiger charge is 2.37. The van der Waals surface area contributed by atoms with E-state index >= 15 is 0 Å². The van der Waals surface area contributed by atoms with E-state index in [9.17, 15) is 14.4 Å². The summed E-state index contributed by atoms with van der Waals surface area (Å²) in [4.78, 5) is 40.6. The normalized spacial score (nSPS) is 13.5. The van der Waals surface area contributed by atoms with Gasteiger partial charge in [-0.2, -0.15) is 0 Å². The largest absolute Gasteiger partial charge is 0.490 e. The Bertz CT molecular complexity index is 1930. The third-order valence-electron chi connectivity index (χ3n) is 7.62. The molecule has 1 N–H and O–H groups in total. The van der Waals surface area contributed by atoms with E-state index in [2.05, 4.69) is 21.2 Å². The average Bonchev–Trinajstić information content (AvgIpc) is 3.13.